The van der Waals surface area contributed by atoms with Crippen molar-refractivity contribution in [2.75, 3.05) is 5.73 Å². The van der Waals surface area contributed by atoms with Crippen LogP contribution in [0.2, 0.25) is 0 Å². The third kappa shape index (κ3) is 1.71. The summed E-state index contributed by atoms with van der Waals surface area (Å²) in [4.78, 5) is 0. The van der Waals surface area contributed by atoms with Gasteiger partial charge in [0.1, 0.15) is 0 Å². The minimum atomic E-state index is -0.420. The average Bonchev–Trinajstić information content (AvgIpc) is 2.04. The van der Waals surface area contributed by atoms with E-state index in [-0.39, 0.29) is 0 Å². The first-order chi connectivity index (χ1) is 5.25. The molecular weight excluding hydrogens is 138 g/mol. The summed E-state index contributed by atoms with van der Waals surface area (Å²) in [6.45, 7) is 1.93. The molecule has 0 spiro atoms. The van der Waals surface area contributed by atoms with E-state index in [0.29, 0.717) is 12.1 Å². The average molecular weight is 151 g/mol. The van der Waals surface area contributed by atoms with Gasteiger partial charge in [-0.1, -0.05) is 25.1 Å². The highest BCUT2D eigenvalue weighted by Gasteiger charge is 2.06. The van der Waals surface area contributed by atoms with Crippen LogP contribution < -0.4 is 5.73 Å². The van der Waals surface area contributed by atoms with Crippen LogP contribution in [0.1, 0.15) is 25.0 Å². The molecule has 3 N–H and O–H groups in total. The minimum absolute atomic E-state index is 0.420. The largest absolute Gasteiger partial charge is 0.398 e. The van der Waals surface area contributed by atoms with Crippen LogP contribution in [0.4, 0.5) is 5.69 Å². The number of rotatable bonds is 2. The van der Waals surface area contributed by atoms with Crippen molar-refractivity contribution < 1.29 is 5.11 Å². The standard InChI is InChI=1S/C9H13NO/c1-2-9(11)7-5-3-4-6-8(7)10/h3-6,9,11H,2,10H2,1H3/t9-/m1/s1. The second-order valence-corrected chi connectivity index (χ2v) is 2.55. The molecule has 0 amide bonds. The van der Waals surface area contributed by atoms with E-state index in [4.69, 9.17) is 5.73 Å². The lowest BCUT2D eigenvalue weighted by molar-refractivity contribution is 0.174. The Balaban J connectivity index is 2.93. The zero-order valence-corrected chi connectivity index (χ0v) is 6.62. The van der Waals surface area contributed by atoms with Crippen LogP contribution in [-0.4, -0.2) is 5.11 Å². The molecule has 0 aliphatic carbocycles. The van der Waals surface area contributed by atoms with Gasteiger partial charge in [-0.3, -0.25) is 0 Å². The molecule has 0 heterocycles. The molecule has 0 unspecified atom stereocenters. The summed E-state index contributed by atoms with van der Waals surface area (Å²) in [6.07, 6.45) is 0.282. The summed E-state index contributed by atoms with van der Waals surface area (Å²) in [5.74, 6) is 0. The quantitative estimate of drug-likeness (QED) is 0.632. The Kier molecular flexibility index (Phi) is 2.49. The third-order valence-electron chi connectivity index (χ3n) is 1.74. The maximum atomic E-state index is 9.43. The normalized spacial score (nSPS) is 12.9. The lowest BCUT2D eigenvalue weighted by Gasteiger charge is -2.09. The zero-order chi connectivity index (χ0) is 8.27. The van der Waals surface area contributed by atoms with Crippen molar-refractivity contribution in [2.24, 2.45) is 0 Å². The Bertz CT molecular complexity index is 235. The molecule has 0 aliphatic heterocycles. The van der Waals surface area contributed by atoms with Gasteiger partial charge in [-0.2, -0.15) is 0 Å². The Labute approximate surface area is 66.7 Å². The highest BCUT2D eigenvalue weighted by molar-refractivity contribution is 5.47. The van der Waals surface area contributed by atoms with E-state index in [2.05, 4.69) is 0 Å². The number of benzene rings is 1. The smallest absolute Gasteiger partial charge is 0.0807 e. The van der Waals surface area contributed by atoms with E-state index in [1.807, 2.05) is 25.1 Å². The van der Waals surface area contributed by atoms with Gasteiger partial charge < -0.3 is 10.8 Å². The minimum Gasteiger partial charge on any atom is -0.398 e. The van der Waals surface area contributed by atoms with Crippen molar-refractivity contribution in [3.05, 3.63) is 29.8 Å². The summed E-state index contributed by atoms with van der Waals surface area (Å²) in [7, 11) is 0. The molecule has 0 aromatic heterocycles. The molecule has 2 heteroatoms. The maximum Gasteiger partial charge on any atom is 0.0807 e. The van der Waals surface area contributed by atoms with Gasteiger partial charge in [0.15, 0.2) is 0 Å². The van der Waals surface area contributed by atoms with E-state index < -0.39 is 6.10 Å². The van der Waals surface area contributed by atoms with Crippen LogP contribution in [0.25, 0.3) is 0 Å². The van der Waals surface area contributed by atoms with Gasteiger partial charge in [-0.15, -0.1) is 0 Å². The van der Waals surface area contributed by atoms with Gasteiger partial charge in [0.25, 0.3) is 0 Å². The van der Waals surface area contributed by atoms with E-state index in [1.54, 1.807) is 6.07 Å². The SMILES string of the molecule is CC[C@@H](O)c1ccccc1N. The first kappa shape index (κ1) is 8.08. The second kappa shape index (κ2) is 3.39. The molecule has 1 rings (SSSR count). The Morgan fingerprint density at radius 1 is 1.45 bits per heavy atom. The van der Waals surface area contributed by atoms with Gasteiger partial charge in [-0.25, -0.2) is 0 Å². The van der Waals surface area contributed by atoms with E-state index in [9.17, 15) is 5.11 Å². The van der Waals surface area contributed by atoms with Crippen LogP contribution in [0.15, 0.2) is 24.3 Å². The molecule has 0 saturated carbocycles. The molecule has 1 aromatic carbocycles. The fourth-order valence-corrected chi connectivity index (χ4v) is 1.03. The molecule has 11 heavy (non-hydrogen) atoms. The number of nitrogens with two attached hydrogens (primary N) is 1. The number of hydrogen-bond donors (Lipinski definition) is 2. The van der Waals surface area contributed by atoms with Crippen molar-refractivity contribution in [2.45, 2.75) is 19.4 Å². The van der Waals surface area contributed by atoms with Gasteiger partial charge in [0.2, 0.25) is 0 Å². The lowest BCUT2D eigenvalue weighted by atomic mass is 10.1. The van der Waals surface area contributed by atoms with Crippen LogP contribution >= 0.6 is 0 Å². The van der Waals surface area contributed by atoms with Crippen LogP contribution in [0.5, 0.6) is 0 Å². The Morgan fingerprint density at radius 3 is 2.64 bits per heavy atom. The molecule has 0 saturated heterocycles. The number of hydrogen-bond acceptors (Lipinski definition) is 2. The molecule has 0 fully saturated rings. The summed E-state index contributed by atoms with van der Waals surface area (Å²) in [5, 5.41) is 9.43. The first-order valence-corrected chi connectivity index (χ1v) is 3.78. The molecule has 0 bridgehead atoms. The van der Waals surface area contributed by atoms with E-state index in [0.717, 1.165) is 5.56 Å². The van der Waals surface area contributed by atoms with Gasteiger partial charge in [0.05, 0.1) is 6.10 Å². The summed E-state index contributed by atoms with van der Waals surface area (Å²) >= 11 is 0. The molecule has 1 aromatic rings. The van der Waals surface area contributed by atoms with Gasteiger partial charge in [-0.05, 0) is 12.5 Å². The molecule has 60 valence electrons. The molecule has 0 aliphatic rings. The zero-order valence-electron chi connectivity index (χ0n) is 6.62. The van der Waals surface area contributed by atoms with Crippen LogP contribution in [0, 0.1) is 0 Å². The monoisotopic (exact) mass is 151 g/mol. The maximum absolute atomic E-state index is 9.43. The highest BCUT2D eigenvalue weighted by Crippen LogP contribution is 2.21. The van der Waals surface area contributed by atoms with E-state index in [1.165, 1.54) is 0 Å². The number of aliphatic hydroxyl groups is 1. The number of nitrogen functional groups attached to an aromatic ring is 1. The third-order valence-corrected chi connectivity index (χ3v) is 1.74. The van der Waals surface area contributed by atoms with Crippen molar-refractivity contribution >= 4 is 5.69 Å². The van der Waals surface area contributed by atoms with Gasteiger partial charge in [0, 0.05) is 11.3 Å². The molecule has 2 nitrogen and oxygen atoms in total. The van der Waals surface area contributed by atoms with Crippen molar-refractivity contribution in [1.29, 1.82) is 0 Å². The van der Waals surface area contributed by atoms with Crippen LogP contribution in [0.3, 0.4) is 0 Å². The molecule has 0 radical (unpaired) electrons. The Morgan fingerprint density at radius 2 is 2.09 bits per heavy atom. The highest BCUT2D eigenvalue weighted by atomic mass is 16.3. The number of para-hydroxylation sites is 1. The Hall–Kier alpha value is -1.02. The van der Waals surface area contributed by atoms with E-state index >= 15 is 0 Å². The first-order valence-electron chi connectivity index (χ1n) is 3.78. The summed E-state index contributed by atoms with van der Waals surface area (Å²) in [5.41, 5.74) is 7.13. The van der Waals surface area contributed by atoms with Gasteiger partial charge >= 0.3 is 0 Å². The number of anilines is 1. The summed E-state index contributed by atoms with van der Waals surface area (Å²) in [6, 6.07) is 7.39. The predicted octanol–water partition coefficient (Wildman–Crippen LogP) is 1.71. The lowest BCUT2D eigenvalue weighted by Crippen LogP contribution is -1.99. The second-order valence-electron chi connectivity index (χ2n) is 2.55. The van der Waals surface area contributed by atoms with Crippen molar-refractivity contribution in [3.63, 3.8) is 0 Å². The fourth-order valence-electron chi connectivity index (χ4n) is 1.03. The van der Waals surface area contributed by atoms with Crippen LogP contribution in [-0.2, 0) is 0 Å². The van der Waals surface area contributed by atoms with Crippen molar-refractivity contribution in [1.82, 2.24) is 0 Å². The van der Waals surface area contributed by atoms with Crippen molar-refractivity contribution in [3.8, 4) is 0 Å². The molecule has 1 atom stereocenters. The number of aliphatic hydroxyl groups excluding tert-OH is 1. The topological polar surface area (TPSA) is 46.2 Å². The molecular formula is C9H13NO. The fraction of sp³-hybridized carbons (Fsp3) is 0.333. The summed E-state index contributed by atoms with van der Waals surface area (Å²) < 4.78 is 0. The predicted molar refractivity (Wildman–Crippen MR) is 46.1 cm³/mol.